The third-order valence-electron chi connectivity index (χ3n) is 2.93. The highest BCUT2D eigenvalue weighted by molar-refractivity contribution is 6.33. The van der Waals surface area contributed by atoms with Gasteiger partial charge in [-0.25, -0.2) is 19.9 Å². The third kappa shape index (κ3) is 6.88. The summed E-state index contributed by atoms with van der Waals surface area (Å²) in [6.45, 7) is 0.370. The first-order valence-electron chi connectivity index (χ1n) is 7.20. The minimum Gasteiger partial charge on any atom is -0.504 e. The van der Waals surface area contributed by atoms with E-state index in [0.717, 1.165) is 17.5 Å². The van der Waals surface area contributed by atoms with E-state index >= 15 is 0 Å². The molecule has 7 nitrogen and oxygen atoms in total. The monoisotopic (exact) mass is 448 g/mol. The Morgan fingerprint density at radius 3 is 2.00 bits per heavy atom. The van der Waals surface area contributed by atoms with E-state index in [1.54, 1.807) is 7.11 Å². The predicted molar refractivity (Wildman–Crippen MR) is 103 cm³/mol. The molecule has 2 aromatic heterocycles. The lowest BCUT2D eigenvalue weighted by atomic mass is 10.2. The van der Waals surface area contributed by atoms with Crippen LogP contribution in [-0.2, 0) is 6.61 Å². The highest BCUT2D eigenvalue weighted by Crippen LogP contribution is 2.23. The Morgan fingerprint density at radius 2 is 1.48 bits per heavy atom. The lowest BCUT2D eigenvalue weighted by molar-refractivity contribution is 0.303. The molecule has 0 aliphatic heterocycles. The fourth-order valence-corrected chi connectivity index (χ4v) is 2.31. The Bertz CT molecular complexity index is 897. The van der Waals surface area contributed by atoms with Gasteiger partial charge in [0.15, 0.2) is 21.8 Å². The van der Waals surface area contributed by atoms with Gasteiger partial charge in [-0.1, -0.05) is 35.3 Å². The van der Waals surface area contributed by atoms with E-state index in [9.17, 15) is 0 Å². The average molecular weight is 450 g/mol. The molecule has 1 aromatic carbocycles. The van der Waals surface area contributed by atoms with Crippen LogP contribution in [0.3, 0.4) is 0 Å². The standard InChI is InChI=1S/C12H10Cl2N2O2.C4H2Cl2N2O/c1-17-9-4-2-8(3-5-9)7-18-10-6-15-12(14)16-11(10)13;5-3-2(9)1-7-4(6)8-3/h2-6H,7H2,1H3;1,9H. The van der Waals surface area contributed by atoms with Gasteiger partial charge in [0.2, 0.25) is 10.6 Å². The van der Waals surface area contributed by atoms with E-state index in [-0.39, 0.29) is 26.6 Å². The number of nitrogens with zero attached hydrogens (tertiary/aromatic N) is 4. The summed E-state index contributed by atoms with van der Waals surface area (Å²) in [7, 11) is 1.62. The molecule has 0 unspecified atom stereocenters. The minimum absolute atomic E-state index is 0.0257. The average Bonchev–Trinajstić information content (AvgIpc) is 2.65. The van der Waals surface area contributed by atoms with Crippen molar-refractivity contribution in [2.75, 3.05) is 7.11 Å². The topological polar surface area (TPSA) is 90.2 Å². The van der Waals surface area contributed by atoms with Crippen LogP contribution in [0, 0.1) is 0 Å². The smallest absolute Gasteiger partial charge is 0.224 e. The van der Waals surface area contributed by atoms with Crippen molar-refractivity contribution in [1.82, 2.24) is 19.9 Å². The molecule has 11 heteroatoms. The van der Waals surface area contributed by atoms with Gasteiger partial charge in [0.05, 0.1) is 19.5 Å². The van der Waals surface area contributed by atoms with Crippen molar-refractivity contribution >= 4 is 46.4 Å². The van der Waals surface area contributed by atoms with Crippen LogP contribution in [0.4, 0.5) is 0 Å². The second-order valence-electron chi connectivity index (χ2n) is 4.75. The van der Waals surface area contributed by atoms with Crippen molar-refractivity contribution < 1.29 is 14.6 Å². The van der Waals surface area contributed by atoms with Crippen molar-refractivity contribution in [3.05, 3.63) is 63.1 Å². The first kappa shape index (κ1) is 21.2. The predicted octanol–water partition coefficient (Wildman–Crippen LogP) is 4.86. The highest BCUT2D eigenvalue weighted by atomic mass is 35.5. The number of methoxy groups -OCH3 is 1. The number of ether oxygens (including phenoxy) is 2. The summed E-state index contributed by atoms with van der Waals surface area (Å²) in [5.74, 6) is 1.03. The molecule has 0 fully saturated rings. The number of hydrogen-bond acceptors (Lipinski definition) is 7. The summed E-state index contributed by atoms with van der Waals surface area (Å²) < 4.78 is 10.6. The first-order chi connectivity index (χ1) is 12.9. The number of aromatic nitrogens is 4. The second kappa shape index (κ2) is 10.3. The Morgan fingerprint density at radius 1 is 0.889 bits per heavy atom. The zero-order valence-electron chi connectivity index (χ0n) is 13.7. The van der Waals surface area contributed by atoms with Gasteiger partial charge in [0.25, 0.3) is 0 Å². The van der Waals surface area contributed by atoms with Crippen LogP contribution < -0.4 is 9.47 Å². The molecule has 0 saturated heterocycles. The highest BCUT2D eigenvalue weighted by Gasteiger charge is 2.05. The van der Waals surface area contributed by atoms with Gasteiger partial charge in [-0.05, 0) is 40.9 Å². The fraction of sp³-hybridized carbons (Fsp3) is 0.125. The lowest BCUT2D eigenvalue weighted by Crippen LogP contribution is -1.98. The van der Waals surface area contributed by atoms with Gasteiger partial charge in [-0.3, -0.25) is 0 Å². The van der Waals surface area contributed by atoms with Crippen LogP contribution in [0.2, 0.25) is 20.9 Å². The van der Waals surface area contributed by atoms with Crippen LogP contribution in [0.5, 0.6) is 17.2 Å². The van der Waals surface area contributed by atoms with Gasteiger partial charge < -0.3 is 14.6 Å². The van der Waals surface area contributed by atoms with Crippen LogP contribution >= 0.6 is 46.4 Å². The third-order valence-corrected chi connectivity index (χ3v) is 3.84. The largest absolute Gasteiger partial charge is 0.504 e. The van der Waals surface area contributed by atoms with Crippen LogP contribution in [0.1, 0.15) is 5.56 Å². The summed E-state index contributed by atoms with van der Waals surface area (Å²) in [4.78, 5) is 14.5. The number of benzene rings is 1. The van der Waals surface area contributed by atoms with E-state index in [2.05, 4.69) is 19.9 Å². The SMILES string of the molecule is COc1ccc(COc2cnc(Cl)nc2Cl)cc1.Oc1cnc(Cl)nc1Cl. The van der Waals surface area contributed by atoms with E-state index in [1.165, 1.54) is 6.20 Å². The Balaban J connectivity index is 0.000000244. The molecule has 0 bridgehead atoms. The minimum atomic E-state index is -0.166. The maximum Gasteiger partial charge on any atom is 0.224 e. The van der Waals surface area contributed by atoms with Crippen molar-refractivity contribution in [2.24, 2.45) is 0 Å². The maximum absolute atomic E-state index is 8.73. The number of hydrogen-bond donors (Lipinski definition) is 1. The van der Waals surface area contributed by atoms with Crippen LogP contribution in [-0.4, -0.2) is 32.2 Å². The molecule has 0 aliphatic rings. The van der Waals surface area contributed by atoms with Crippen LogP contribution in [0.25, 0.3) is 0 Å². The van der Waals surface area contributed by atoms with Crippen molar-refractivity contribution in [3.8, 4) is 17.2 Å². The normalized spacial score (nSPS) is 9.96. The molecule has 3 aromatic rings. The van der Waals surface area contributed by atoms with Gasteiger partial charge in [-0.2, -0.15) is 0 Å². The number of aromatic hydroxyl groups is 1. The van der Waals surface area contributed by atoms with E-state index < -0.39 is 0 Å². The first-order valence-corrected chi connectivity index (χ1v) is 8.71. The molecule has 27 heavy (non-hydrogen) atoms. The molecule has 0 saturated carbocycles. The van der Waals surface area contributed by atoms with E-state index in [0.29, 0.717) is 12.4 Å². The molecular formula is C16H12Cl4N4O3. The molecule has 0 spiro atoms. The van der Waals surface area contributed by atoms with Gasteiger partial charge >= 0.3 is 0 Å². The summed E-state index contributed by atoms with van der Waals surface area (Å²) in [5, 5.41) is 9.01. The quantitative estimate of drug-likeness (QED) is 0.449. The number of rotatable bonds is 4. The summed E-state index contributed by atoms with van der Waals surface area (Å²) in [6.07, 6.45) is 2.58. The Labute approximate surface area is 174 Å². The summed E-state index contributed by atoms with van der Waals surface area (Å²) in [6, 6.07) is 7.53. The lowest BCUT2D eigenvalue weighted by Gasteiger charge is -2.07. The van der Waals surface area contributed by atoms with Gasteiger partial charge in [0, 0.05) is 0 Å². The van der Waals surface area contributed by atoms with Gasteiger partial charge in [0.1, 0.15) is 12.4 Å². The van der Waals surface area contributed by atoms with Crippen molar-refractivity contribution in [2.45, 2.75) is 6.61 Å². The molecular weight excluding hydrogens is 438 g/mol. The summed E-state index contributed by atoms with van der Waals surface area (Å²) in [5.41, 5.74) is 0.988. The molecule has 2 heterocycles. The van der Waals surface area contributed by atoms with Crippen molar-refractivity contribution in [3.63, 3.8) is 0 Å². The zero-order chi connectivity index (χ0) is 19.8. The molecule has 0 aliphatic carbocycles. The molecule has 1 N–H and O–H groups in total. The molecule has 142 valence electrons. The zero-order valence-corrected chi connectivity index (χ0v) is 16.8. The molecule has 0 amide bonds. The maximum atomic E-state index is 8.73. The molecule has 3 rings (SSSR count). The Kier molecular flexibility index (Phi) is 8.12. The molecule has 0 radical (unpaired) electrons. The Hall–Kier alpha value is -2.06. The fourth-order valence-electron chi connectivity index (χ4n) is 1.64. The van der Waals surface area contributed by atoms with Gasteiger partial charge in [-0.15, -0.1) is 0 Å². The van der Waals surface area contributed by atoms with Crippen LogP contribution in [0.15, 0.2) is 36.7 Å². The number of halogens is 4. The van der Waals surface area contributed by atoms with E-state index in [4.69, 9.17) is 61.0 Å². The second-order valence-corrected chi connectivity index (χ2v) is 6.14. The van der Waals surface area contributed by atoms with E-state index in [1.807, 2.05) is 24.3 Å². The molecule has 0 atom stereocenters. The summed E-state index contributed by atoms with van der Waals surface area (Å²) >= 11 is 22.1. The van der Waals surface area contributed by atoms with Crippen molar-refractivity contribution in [1.29, 1.82) is 0 Å².